The van der Waals surface area contributed by atoms with Crippen molar-refractivity contribution < 1.29 is 9.53 Å². The summed E-state index contributed by atoms with van der Waals surface area (Å²) in [7, 11) is 0. The van der Waals surface area contributed by atoms with Gasteiger partial charge in [0.2, 0.25) is 0 Å². The standard InChI is InChI=1S/C22H20N4O2/c23-15-18-14-17-6-4-5-9-20(17)24-22(18)26-12-10-25(11-13-26)21(27)16-28-19-7-2-1-3-8-19/h1-9,14H,10-13,16H2. The second-order valence-electron chi connectivity index (χ2n) is 6.63. The van der Waals surface area contributed by atoms with Gasteiger partial charge in [-0.2, -0.15) is 5.26 Å². The van der Waals surface area contributed by atoms with Crippen molar-refractivity contribution in [3.8, 4) is 11.8 Å². The molecule has 6 nitrogen and oxygen atoms in total. The van der Waals surface area contributed by atoms with Crippen LogP contribution in [0.5, 0.6) is 5.75 Å². The molecule has 1 aliphatic rings. The normalized spacial score (nSPS) is 14.0. The number of amides is 1. The molecule has 6 heteroatoms. The maximum absolute atomic E-state index is 12.4. The number of pyridine rings is 1. The molecule has 0 radical (unpaired) electrons. The fourth-order valence-electron chi connectivity index (χ4n) is 3.35. The third-order valence-corrected chi connectivity index (χ3v) is 4.86. The molecule has 1 fully saturated rings. The second kappa shape index (κ2) is 7.97. The Morgan fingerprint density at radius 1 is 1.04 bits per heavy atom. The first-order chi connectivity index (χ1) is 13.7. The Hall–Kier alpha value is -3.59. The Kier molecular flexibility index (Phi) is 5.07. The van der Waals surface area contributed by atoms with Crippen molar-refractivity contribution in [1.29, 1.82) is 5.26 Å². The Balaban J connectivity index is 1.41. The quantitative estimate of drug-likeness (QED) is 0.704. The molecule has 0 bridgehead atoms. The lowest BCUT2D eigenvalue weighted by Crippen LogP contribution is -2.50. The van der Waals surface area contributed by atoms with E-state index in [4.69, 9.17) is 9.72 Å². The van der Waals surface area contributed by atoms with Crippen molar-refractivity contribution >= 4 is 22.6 Å². The van der Waals surface area contributed by atoms with Crippen LogP contribution in [0.15, 0.2) is 60.7 Å². The van der Waals surface area contributed by atoms with E-state index < -0.39 is 0 Å². The van der Waals surface area contributed by atoms with Gasteiger partial charge < -0.3 is 14.5 Å². The lowest BCUT2D eigenvalue weighted by atomic mass is 10.1. The molecule has 1 aliphatic heterocycles. The highest BCUT2D eigenvalue weighted by Gasteiger charge is 2.24. The van der Waals surface area contributed by atoms with Crippen molar-refractivity contribution in [2.24, 2.45) is 0 Å². The molecule has 4 rings (SSSR count). The number of piperazine rings is 1. The number of fused-ring (bicyclic) bond motifs is 1. The van der Waals surface area contributed by atoms with Gasteiger partial charge in [-0.1, -0.05) is 36.4 Å². The van der Waals surface area contributed by atoms with Gasteiger partial charge in [-0.15, -0.1) is 0 Å². The molecular formula is C22H20N4O2. The van der Waals surface area contributed by atoms with Crippen LogP contribution < -0.4 is 9.64 Å². The van der Waals surface area contributed by atoms with E-state index in [1.54, 1.807) is 4.90 Å². The summed E-state index contributed by atoms with van der Waals surface area (Å²) >= 11 is 0. The third-order valence-electron chi connectivity index (χ3n) is 4.86. The number of nitrogens with zero attached hydrogens (tertiary/aromatic N) is 4. The van der Waals surface area contributed by atoms with Crippen molar-refractivity contribution in [2.45, 2.75) is 0 Å². The van der Waals surface area contributed by atoms with Crippen molar-refractivity contribution in [3.63, 3.8) is 0 Å². The topological polar surface area (TPSA) is 69.5 Å². The number of ether oxygens (including phenoxy) is 1. The van der Waals surface area contributed by atoms with Gasteiger partial charge in [0.25, 0.3) is 5.91 Å². The fourth-order valence-corrected chi connectivity index (χ4v) is 3.35. The summed E-state index contributed by atoms with van der Waals surface area (Å²) in [6.07, 6.45) is 0. The Labute approximate surface area is 163 Å². The fraction of sp³-hybridized carbons (Fsp3) is 0.227. The maximum Gasteiger partial charge on any atom is 0.260 e. The summed E-state index contributed by atoms with van der Waals surface area (Å²) in [5.41, 5.74) is 1.43. The average molecular weight is 372 g/mol. The minimum atomic E-state index is -0.0320. The molecule has 140 valence electrons. The highest BCUT2D eigenvalue weighted by molar-refractivity contribution is 5.83. The van der Waals surface area contributed by atoms with E-state index in [1.807, 2.05) is 60.7 Å². The summed E-state index contributed by atoms with van der Waals surface area (Å²) in [6, 6.07) is 21.2. The summed E-state index contributed by atoms with van der Waals surface area (Å²) < 4.78 is 5.56. The highest BCUT2D eigenvalue weighted by Crippen LogP contribution is 2.24. The maximum atomic E-state index is 12.4. The van der Waals surface area contributed by atoms with Gasteiger partial charge in [0, 0.05) is 31.6 Å². The number of hydrogen-bond donors (Lipinski definition) is 0. The number of benzene rings is 2. The van der Waals surface area contributed by atoms with Crippen molar-refractivity contribution in [2.75, 3.05) is 37.7 Å². The lowest BCUT2D eigenvalue weighted by molar-refractivity contribution is -0.133. The van der Waals surface area contributed by atoms with Crippen molar-refractivity contribution in [3.05, 3.63) is 66.2 Å². The molecule has 3 aromatic rings. The number of carbonyl (C=O) groups excluding carboxylic acids is 1. The van der Waals surface area contributed by atoms with E-state index in [-0.39, 0.29) is 12.5 Å². The van der Waals surface area contributed by atoms with Gasteiger partial charge in [-0.05, 0) is 24.3 Å². The number of para-hydroxylation sites is 2. The van der Waals surface area contributed by atoms with Crippen LogP contribution in [0, 0.1) is 11.3 Å². The van der Waals surface area contributed by atoms with Gasteiger partial charge >= 0.3 is 0 Å². The van der Waals surface area contributed by atoms with Crippen LogP contribution in [0.25, 0.3) is 10.9 Å². The summed E-state index contributed by atoms with van der Waals surface area (Å²) in [6.45, 7) is 2.46. The number of carbonyl (C=O) groups is 1. The van der Waals surface area contributed by atoms with Gasteiger partial charge in [-0.3, -0.25) is 4.79 Å². The van der Waals surface area contributed by atoms with Gasteiger partial charge in [0.15, 0.2) is 6.61 Å². The first kappa shape index (κ1) is 17.8. The van der Waals surface area contributed by atoms with Crippen LogP contribution in [-0.2, 0) is 4.79 Å². The average Bonchev–Trinajstić information content (AvgIpc) is 2.77. The van der Waals surface area contributed by atoms with E-state index in [0.29, 0.717) is 43.3 Å². The van der Waals surface area contributed by atoms with Crippen LogP contribution in [-0.4, -0.2) is 48.6 Å². The minimum absolute atomic E-state index is 0.0294. The zero-order valence-electron chi connectivity index (χ0n) is 15.4. The number of rotatable bonds is 4. The van der Waals surface area contributed by atoms with E-state index >= 15 is 0 Å². The van der Waals surface area contributed by atoms with Crippen LogP contribution in [0.3, 0.4) is 0 Å². The third kappa shape index (κ3) is 3.74. The van der Waals surface area contributed by atoms with Gasteiger partial charge in [0.1, 0.15) is 17.6 Å². The predicted octanol–water partition coefficient (Wildman–Crippen LogP) is 2.83. The molecule has 0 spiro atoms. The molecule has 28 heavy (non-hydrogen) atoms. The van der Waals surface area contributed by atoms with Crippen LogP contribution in [0.2, 0.25) is 0 Å². The van der Waals surface area contributed by atoms with E-state index in [0.717, 1.165) is 10.9 Å². The summed E-state index contributed by atoms with van der Waals surface area (Å²) in [5.74, 6) is 1.35. The predicted molar refractivity (Wildman–Crippen MR) is 107 cm³/mol. The number of nitriles is 1. The summed E-state index contributed by atoms with van der Waals surface area (Å²) in [4.78, 5) is 21.0. The molecule has 2 heterocycles. The molecule has 1 saturated heterocycles. The molecule has 2 aromatic carbocycles. The smallest absolute Gasteiger partial charge is 0.260 e. The molecule has 0 atom stereocenters. The molecule has 0 saturated carbocycles. The van der Waals surface area contributed by atoms with Crippen LogP contribution in [0.1, 0.15) is 5.56 Å². The number of hydrogen-bond acceptors (Lipinski definition) is 5. The largest absolute Gasteiger partial charge is 0.484 e. The van der Waals surface area contributed by atoms with Crippen molar-refractivity contribution in [1.82, 2.24) is 9.88 Å². The Morgan fingerprint density at radius 2 is 1.75 bits per heavy atom. The van der Waals surface area contributed by atoms with Gasteiger partial charge in [-0.25, -0.2) is 4.98 Å². The Morgan fingerprint density at radius 3 is 2.50 bits per heavy atom. The number of aromatic nitrogens is 1. The van der Waals surface area contributed by atoms with Crippen LogP contribution >= 0.6 is 0 Å². The molecule has 0 unspecified atom stereocenters. The summed E-state index contributed by atoms with van der Waals surface area (Å²) in [5, 5.41) is 10.5. The molecular weight excluding hydrogens is 352 g/mol. The molecule has 1 aromatic heterocycles. The SMILES string of the molecule is N#Cc1cc2ccccc2nc1N1CCN(C(=O)COc2ccccc2)CC1. The Bertz CT molecular complexity index is 1020. The second-order valence-corrected chi connectivity index (χ2v) is 6.63. The van der Waals surface area contributed by atoms with E-state index in [9.17, 15) is 10.1 Å². The van der Waals surface area contributed by atoms with Crippen LogP contribution in [0.4, 0.5) is 5.82 Å². The molecule has 0 aliphatic carbocycles. The minimum Gasteiger partial charge on any atom is -0.484 e. The van der Waals surface area contributed by atoms with E-state index in [2.05, 4.69) is 11.0 Å². The molecule has 1 amide bonds. The lowest BCUT2D eigenvalue weighted by Gasteiger charge is -2.35. The zero-order valence-corrected chi connectivity index (χ0v) is 15.4. The first-order valence-electron chi connectivity index (χ1n) is 9.25. The van der Waals surface area contributed by atoms with E-state index in [1.165, 1.54) is 0 Å². The monoisotopic (exact) mass is 372 g/mol. The zero-order chi connectivity index (χ0) is 19.3. The van der Waals surface area contributed by atoms with Gasteiger partial charge in [0.05, 0.1) is 11.1 Å². The molecule has 0 N–H and O–H groups in total. The number of anilines is 1. The highest BCUT2D eigenvalue weighted by atomic mass is 16.5. The first-order valence-corrected chi connectivity index (χ1v) is 9.25.